The molecule has 0 radical (unpaired) electrons. The molecular weight excluding hydrogens is 740 g/mol. The molecule has 8 aromatic rings. The van der Waals surface area contributed by atoms with Crippen molar-refractivity contribution in [3.63, 3.8) is 0 Å². The molecule has 2 heterocycles. The maximum atomic E-state index is 12.6. The van der Waals surface area contributed by atoms with Gasteiger partial charge in [0.05, 0.1) is 0 Å². The van der Waals surface area contributed by atoms with Crippen LogP contribution >= 0.6 is 8.25 Å². The molecule has 0 N–H and O–H groups in total. The van der Waals surface area contributed by atoms with Crippen LogP contribution in [0.15, 0.2) is 195 Å². The van der Waals surface area contributed by atoms with Gasteiger partial charge in [-0.2, -0.15) is 0 Å². The molecule has 0 saturated heterocycles. The van der Waals surface area contributed by atoms with Crippen molar-refractivity contribution in [3.05, 3.63) is 240 Å². The van der Waals surface area contributed by atoms with Crippen molar-refractivity contribution in [2.24, 2.45) is 0 Å². The normalized spacial score (nSPS) is 11.2. The van der Waals surface area contributed by atoms with Crippen molar-refractivity contribution < 1.29 is 13.6 Å². The highest BCUT2D eigenvalue weighted by Crippen LogP contribution is 2.41. The van der Waals surface area contributed by atoms with Crippen molar-refractivity contribution >= 4 is 8.25 Å². The predicted octanol–water partition coefficient (Wildman–Crippen LogP) is 8.64. The Hall–Kier alpha value is -7.26. The van der Waals surface area contributed by atoms with E-state index in [-0.39, 0.29) is 13.2 Å². The summed E-state index contributed by atoms with van der Waals surface area (Å²) in [7, 11) is -2.50. The van der Waals surface area contributed by atoms with Gasteiger partial charge in [0.2, 0.25) is 11.6 Å². The zero-order valence-electron chi connectivity index (χ0n) is 31.2. The fourth-order valence-electron chi connectivity index (χ4n) is 7.27. The Labute approximate surface area is 338 Å². The Morgan fingerprint density at radius 2 is 0.690 bits per heavy atom. The van der Waals surface area contributed by atoms with Crippen LogP contribution in [0.1, 0.15) is 45.0 Å². The summed E-state index contributed by atoms with van der Waals surface area (Å²) in [5.74, 6) is 12.2. The van der Waals surface area contributed by atoms with Crippen LogP contribution in [0.5, 0.6) is 0 Å². The van der Waals surface area contributed by atoms with Gasteiger partial charge in [-0.15, -0.1) is 19.2 Å². The van der Waals surface area contributed by atoms with E-state index in [4.69, 9.17) is 19.2 Å². The fourth-order valence-corrected chi connectivity index (χ4v) is 7.69. The molecule has 0 spiro atoms. The third-order valence-corrected chi connectivity index (χ3v) is 10.4. The summed E-state index contributed by atoms with van der Waals surface area (Å²) in [6.45, 7) is -0.324. The highest BCUT2D eigenvalue weighted by Gasteiger charge is 2.41. The van der Waals surface area contributed by atoms with Crippen LogP contribution in [0.3, 0.4) is 0 Å². The van der Waals surface area contributed by atoms with Gasteiger partial charge in [-0.25, -0.2) is 19.3 Å². The van der Waals surface area contributed by atoms with Crippen LogP contribution in [0.4, 0.5) is 0 Å². The third kappa shape index (κ3) is 7.62. The van der Waals surface area contributed by atoms with Gasteiger partial charge >= 0.3 is 8.25 Å². The molecule has 6 aromatic carbocycles. The summed E-state index contributed by atoms with van der Waals surface area (Å²) >= 11 is 0. The molecule has 9 nitrogen and oxygen atoms in total. The maximum Gasteiger partial charge on any atom is 0.699 e. The van der Waals surface area contributed by atoms with E-state index in [1.807, 2.05) is 119 Å². The van der Waals surface area contributed by atoms with Gasteiger partial charge in [0, 0.05) is 4.57 Å². The summed E-state index contributed by atoms with van der Waals surface area (Å²) in [6, 6.07) is 61.1. The van der Waals surface area contributed by atoms with E-state index < -0.39 is 19.3 Å². The van der Waals surface area contributed by atoms with Gasteiger partial charge in [-0.1, -0.05) is 194 Å². The molecule has 10 heteroatoms. The lowest BCUT2D eigenvalue weighted by Gasteiger charge is -2.35. The van der Waals surface area contributed by atoms with E-state index in [9.17, 15) is 4.57 Å². The van der Waals surface area contributed by atoms with Crippen LogP contribution in [0, 0.1) is 23.7 Å². The van der Waals surface area contributed by atoms with Gasteiger partial charge in [0.25, 0.3) is 0 Å². The number of benzene rings is 6. The second-order valence-electron chi connectivity index (χ2n) is 13.0. The van der Waals surface area contributed by atoms with Crippen LogP contribution in [0.2, 0.25) is 0 Å². The van der Waals surface area contributed by atoms with E-state index in [2.05, 4.69) is 106 Å². The van der Waals surface area contributed by atoms with Gasteiger partial charge < -0.3 is 0 Å². The molecule has 0 unspecified atom stereocenters. The van der Waals surface area contributed by atoms with Crippen molar-refractivity contribution in [3.8, 4) is 23.7 Å². The van der Waals surface area contributed by atoms with E-state index in [1.54, 1.807) is 12.7 Å². The number of hydrogen-bond acceptors (Lipinski definition) is 7. The molecule has 0 fully saturated rings. The second-order valence-corrected chi connectivity index (χ2v) is 14.0. The quantitative estimate of drug-likeness (QED) is 0.0697. The summed E-state index contributed by atoms with van der Waals surface area (Å²) in [5.41, 5.74) is 4.47. The Morgan fingerprint density at radius 3 is 0.948 bits per heavy atom. The minimum absolute atomic E-state index is 0.162. The Balaban J connectivity index is 0.950. The maximum absolute atomic E-state index is 12.6. The van der Waals surface area contributed by atoms with E-state index in [0.717, 1.165) is 33.4 Å². The molecule has 0 aliphatic carbocycles. The first-order valence-corrected chi connectivity index (χ1v) is 19.7. The molecule has 0 aliphatic rings. The number of hydrogen-bond donors (Lipinski definition) is 0. The van der Waals surface area contributed by atoms with Crippen molar-refractivity contribution in [1.82, 2.24) is 29.5 Å². The van der Waals surface area contributed by atoms with Crippen LogP contribution in [0.25, 0.3) is 0 Å². The Morgan fingerprint density at radius 1 is 0.431 bits per heavy atom. The predicted molar refractivity (Wildman–Crippen MR) is 223 cm³/mol. The molecule has 58 heavy (non-hydrogen) atoms. The molecule has 0 bridgehead atoms. The topological polar surface area (TPSA) is 97.0 Å². The first-order valence-electron chi connectivity index (χ1n) is 18.6. The zero-order valence-corrected chi connectivity index (χ0v) is 32.1. The third-order valence-electron chi connectivity index (χ3n) is 9.71. The molecule has 2 aromatic heterocycles. The number of nitrogens with zero attached hydrogens (tertiary/aromatic N) is 6. The summed E-state index contributed by atoms with van der Waals surface area (Å²) in [4.78, 5) is 9.04. The molecule has 0 atom stereocenters. The molecule has 280 valence electrons. The average molecular weight is 776 g/mol. The van der Waals surface area contributed by atoms with Gasteiger partial charge in [0.1, 0.15) is 23.7 Å². The first kappa shape index (κ1) is 37.7. The SMILES string of the molecule is O=[P+](OCC#Cc1ncn(C(c2ccccc2)(c2ccccc2)c2ccccc2)n1)OCC#Cc1ncn(C(c2ccccc2)(c2ccccc2)c2ccccc2)n1. The highest BCUT2D eigenvalue weighted by molar-refractivity contribution is 7.33. The summed E-state index contributed by atoms with van der Waals surface area (Å²) in [5, 5.41) is 9.65. The standard InChI is InChI=1S/C48H36N6O3P/c55-58(56-35-19-33-45-49-37-53(51-45)47(39-21-7-1-8-22-39,40-23-9-2-10-24-40)41-25-11-3-12-26-41)57-36-20-34-46-50-38-54(52-46)48(42-27-13-4-14-28-42,43-29-15-5-16-30-43)44-31-17-6-18-32-44/h1-18,21-32,37-38H,35-36H2/q+1. The van der Waals surface area contributed by atoms with E-state index in [1.165, 1.54) is 0 Å². The van der Waals surface area contributed by atoms with E-state index in [0.29, 0.717) is 11.6 Å². The molecule has 0 saturated carbocycles. The van der Waals surface area contributed by atoms with Gasteiger partial charge in [0.15, 0.2) is 13.2 Å². The van der Waals surface area contributed by atoms with Crippen molar-refractivity contribution in [2.75, 3.05) is 13.2 Å². The first-order chi connectivity index (χ1) is 28.7. The molecule has 0 amide bonds. The lowest BCUT2D eigenvalue weighted by atomic mass is 9.77. The molecule has 0 aliphatic heterocycles. The van der Waals surface area contributed by atoms with Crippen molar-refractivity contribution in [2.45, 2.75) is 11.1 Å². The van der Waals surface area contributed by atoms with Crippen LogP contribution < -0.4 is 0 Å². The van der Waals surface area contributed by atoms with Crippen LogP contribution in [-0.4, -0.2) is 42.7 Å². The lowest BCUT2D eigenvalue weighted by molar-refractivity contribution is 0.267. The smallest absolute Gasteiger partial charge is 0.232 e. The lowest BCUT2D eigenvalue weighted by Crippen LogP contribution is -2.38. The Bertz CT molecular complexity index is 2320. The largest absolute Gasteiger partial charge is 0.699 e. The summed E-state index contributed by atoms with van der Waals surface area (Å²) < 4.78 is 26.9. The average Bonchev–Trinajstić information content (AvgIpc) is 3.98. The monoisotopic (exact) mass is 775 g/mol. The Kier molecular flexibility index (Phi) is 11.5. The molecular formula is C48H36N6O3P+. The minimum atomic E-state index is -2.50. The fraction of sp³-hybridized carbons (Fsp3) is 0.0833. The van der Waals surface area contributed by atoms with Crippen LogP contribution in [-0.2, 0) is 24.7 Å². The highest BCUT2D eigenvalue weighted by atomic mass is 31.1. The van der Waals surface area contributed by atoms with Crippen molar-refractivity contribution in [1.29, 1.82) is 0 Å². The second kappa shape index (κ2) is 17.7. The zero-order chi connectivity index (χ0) is 39.5. The van der Waals surface area contributed by atoms with Gasteiger partial charge in [-0.05, 0) is 45.2 Å². The number of aromatic nitrogens is 6. The minimum Gasteiger partial charge on any atom is -0.232 e. The van der Waals surface area contributed by atoms with E-state index >= 15 is 0 Å². The molecule has 8 rings (SSSR count). The number of rotatable bonds is 12. The van der Waals surface area contributed by atoms with Gasteiger partial charge in [-0.3, -0.25) is 0 Å². The summed E-state index contributed by atoms with van der Waals surface area (Å²) in [6.07, 6.45) is 3.37.